The van der Waals surface area contributed by atoms with E-state index in [2.05, 4.69) is 5.32 Å². The van der Waals surface area contributed by atoms with Gasteiger partial charge in [0, 0.05) is 13.7 Å². The smallest absolute Gasteiger partial charge is 0.237 e. The number of rotatable bonds is 5. The van der Waals surface area contributed by atoms with Crippen LogP contribution in [0.3, 0.4) is 0 Å². The molecule has 2 aliphatic heterocycles. The van der Waals surface area contributed by atoms with Crippen LogP contribution in [0, 0.1) is 0 Å². The molecule has 2 fully saturated rings. The highest BCUT2D eigenvalue weighted by Gasteiger charge is 2.41. The molecule has 3 N–H and O–H groups in total. The first kappa shape index (κ1) is 11.8. The molecule has 0 aliphatic carbocycles. The Bertz CT molecular complexity index is 260. The number of ether oxygens (including phenoxy) is 2. The van der Waals surface area contributed by atoms with Gasteiger partial charge in [-0.25, -0.2) is 0 Å². The van der Waals surface area contributed by atoms with Crippen LogP contribution in [0.25, 0.3) is 0 Å². The van der Waals surface area contributed by atoms with E-state index in [1.54, 1.807) is 7.11 Å². The zero-order chi connectivity index (χ0) is 11.5. The molecule has 2 rings (SSSR count). The number of hydrogen-bond acceptors (Lipinski definition) is 4. The highest BCUT2D eigenvalue weighted by Crippen LogP contribution is 2.34. The highest BCUT2D eigenvalue weighted by atomic mass is 16.5. The number of amides is 1. The zero-order valence-electron chi connectivity index (χ0n) is 9.65. The van der Waals surface area contributed by atoms with Crippen LogP contribution in [0.2, 0.25) is 0 Å². The Morgan fingerprint density at radius 1 is 1.62 bits per heavy atom. The van der Waals surface area contributed by atoms with Gasteiger partial charge in [-0.05, 0) is 25.7 Å². The number of methoxy groups -OCH3 is 1. The van der Waals surface area contributed by atoms with Crippen molar-refractivity contribution in [3.63, 3.8) is 0 Å². The van der Waals surface area contributed by atoms with Crippen molar-refractivity contribution in [3.8, 4) is 0 Å². The predicted molar refractivity (Wildman–Crippen MR) is 58.9 cm³/mol. The summed E-state index contributed by atoms with van der Waals surface area (Å²) in [6.45, 7) is 0.516. The molecule has 2 bridgehead atoms. The van der Waals surface area contributed by atoms with E-state index in [4.69, 9.17) is 15.2 Å². The van der Waals surface area contributed by atoms with Gasteiger partial charge < -0.3 is 20.5 Å². The van der Waals surface area contributed by atoms with Crippen LogP contribution in [0.15, 0.2) is 0 Å². The summed E-state index contributed by atoms with van der Waals surface area (Å²) in [7, 11) is 1.61. The van der Waals surface area contributed by atoms with Crippen LogP contribution < -0.4 is 11.1 Å². The van der Waals surface area contributed by atoms with Gasteiger partial charge in [-0.1, -0.05) is 0 Å². The second-order valence-electron chi connectivity index (χ2n) is 4.61. The van der Waals surface area contributed by atoms with Gasteiger partial charge >= 0.3 is 0 Å². The molecule has 4 atom stereocenters. The van der Waals surface area contributed by atoms with Crippen molar-refractivity contribution in [2.45, 2.75) is 50.0 Å². The van der Waals surface area contributed by atoms with Crippen molar-refractivity contribution in [1.82, 2.24) is 5.32 Å². The molecule has 2 heterocycles. The van der Waals surface area contributed by atoms with Crippen molar-refractivity contribution >= 4 is 5.91 Å². The van der Waals surface area contributed by atoms with Gasteiger partial charge in [-0.2, -0.15) is 0 Å². The monoisotopic (exact) mass is 228 g/mol. The molecule has 16 heavy (non-hydrogen) atoms. The van der Waals surface area contributed by atoms with Crippen LogP contribution >= 0.6 is 0 Å². The van der Waals surface area contributed by atoms with Crippen LogP contribution in [-0.2, 0) is 14.3 Å². The van der Waals surface area contributed by atoms with E-state index in [1.165, 1.54) is 0 Å². The lowest BCUT2D eigenvalue weighted by molar-refractivity contribution is -0.123. The summed E-state index contributed by atoms with van der Waals surface area (Å²) in [6.07, 6.45) is 4.25. The van der Waals surface area contributed by atoms with Crippen molar-refractivity contribution < 1.29 is 14.3 Å². The lowest BCUT2D eigenvalue weighted by Gasteiger charge is -2.22. The Labute approximate surface area is 95.7 Å². The first-order valence-corrected chi connectivity index (χ1v) is 5.91. The Morgan fingerprint density at radius 2 is 2.44 bits per heavy atom. The molecule has 0 spiro atoms. The highest BCUT2D eigenvalue weighted by molar-refractivity contribution is 5.81. The SMILES string of the molecule is COCCC(N)C(=O)NC1CC2CCC1O2. The summed E-state index contributed by atoms with van der Waals surface area (Å²) in [5.41, 5.74) is 5.75. The van der Waals surface area contributed by atoms with E-state index in [0.717, 1.165) is 19.3 Å². The quantitative estimate of drug-likeness (QED) is 0.682. The molecule has 0 aromatic carbocycles. The standard InChI is InChI=1S/C11H20N2O3/c1-15-5-4-8(12)11(14)13-9-6-7-2-3-10(9)16-7/h7-10H,2-6,12H2,1H3,(H,13,14). The fourth-order valence-corrected chi connectivity index (χ4v) is 2.46. The topological polar surface area (TPSA) is 73.6 Å². The Hall–Kier alpha value is -0.650. The minimum absolute atomic E-state index is 0.0850. The normalized spacial score (nSPS) is 34.0. The molecule has 1 amide bonds. The van der Waals surface area contributed by atoms with Gasteiger partial charge in [0.25, 0.3) is 0 Å². The minimum Gasteiger partial charge on any atom is -0.385 e. The van der Waals surface area contributed by atoms with E-state index in [9.17, 15) is 4.79 Å². The number of nitrogens with two attached hydrogens (primary N) is 1. The van der Waals surface area contributed by atoms with Gasteiger partial charge in [0.15, 0.2) is 0 Å². The predicted octanol–water partition coefficient (Wildman–Crippen LogP) is -0.214. The van der Waals surface area contributed by atoms with E-state index in [-0.39, 0.29) is 18.1 Å². The lowest BCUT2D eigenvalue weighted by atomic mass is 9.95. The maximum atomic E-state index is 11.7. The number of carbonyl (C=O) groups is 1. The van der Waals surface area contributed by atoms with E-state index in [1.807, 2.05) is 0 Å². The van der Waals surface area contributed by atoms with Crippen molar-refractivity contribution in [2.75, 3.05) is 13.7 Å². The third kappa shape index (κ3) is 2.53. The molecule has 0 radical (unpaired) electrons. The third-order valence-electron chi connectivity index (χ3n) is 3.40. The van der Waals surface area contributed by atoms with E-state index >= 15 is 0 Å². The van der Waals surface area contributed by atoms with Gasteiger partial charge in [0.1, 0.15) is 0 Å². The van der Waals surface area contributed by atoms with Gasteiger partial charge in [-0.15, -0.1) is 0 Å². The largest absolute Gasteiger partial charge is 0.385 e. The summed E-state index contributed by atoms with van der Waals surface area (Å²) in [5, 5.41) is 2.97. The lowest BCUT2D eigenvalue weighted by Crippen LogP contribution is -2.49. The van der Waals surface area contributed by atoms with Crippen LogP contribution in [0.5, 0.6) is 0 Å². The van der Waals surface area contributed by atoms with Gasteiger partial charge in [-0.3, -0.25) is 4.79 Å². The molecule has 0 saturated carbocycles. The van der Waals surface area contributed by atoms with Crippen LogP contribution in [-0.4, -0.2) is 43.9 Å². The van der Waals surface area contributed by atoms with Crippen LogP contribution in [0.1, 0.15) is 25.7 Å². The second kappa shape index (κ2) is 5.12. The maximum Gasteiger partial charge on any atom is 0.237 e. The molecule has 2 saturated heterocycles. The van der Waals surface area contributed by atoms with Gasteiger partial charge in [0.05, 0.1) is 24.3 Å². The van der Waals surface area contributed by atoms with Crippen molar-refractivity contribution in [3.05, 3.63) is 0 Å². The number of nitrogens with one attached hydrogen (secondary N) is 1. The maximum absolute atomic E-state index is 11.7. The van der Waals surface area contributed by atoms with E-state index in [0.29, 0.717) is 19.1 Å². The summed E-state index contributed by atoms with van der Waals surface area (Å²) >= 11 is 0. The summed E-state index contributed by atoms with van der Waals surface area (Å²) in [4.78, 5) is 11.7. The summed E-state index contributed by atoms with van der Waals surface area (Å²) in [6, 6.07) is -0.307. The molecular weight excluding hydrogens is 208 g/mol. The van der Waals surface area contributed by atoms with Gasteiger partial charge in [0.2, 0.25) is 5.91 Å². The summed E-state index contributed by atoms with van der Waals surface area (Å²) in [5.74, 6) is -0.0850. The molecule has 0 aromatic rings. The van der Waals surface area contributed by atoms with Crippen molar-refractivity contribution in [1.29, 1.82) is 0 Å². The van der Waals surface area contributed by atoms with E-state index < -0.39 is 6.04 Å². The summed E-state index contributed by atoms with van der Waals surface area (Å²) < 4.78 is 10.6. The molecule has 5 nitrogen and oxygen atoms in total. The molecule has 0 aromatic heterocycles. The molecule has 4 unspecified atom stereocenters. The first-order chi connectivity index (χ1) is 7.70. The Kier molecular flexibility index (Phi) is 3.78. The number of hydrogen-bond donors (Lipinski definition) is 2. The Morgan fingerprint density at radius 3 is 3.00 bits per heavy atom. The average molecular weight is 228 g/mol. The third-order valence-corrected chi connectivity index (χ3v) is 3.40. The number of carbonyl (C=O) groups excluding carboxylic acids is 1. The second-order valence-corrected chi connectivity index (χ2v) is 4.61. The molecule has 92 valence electrons. The Balaban J connectivity index is 1.74. The first-order valence-electron chi connectivity index (χ1n) is 5.91. The van der Waals surface area contributed by atoms with Crippen molar-refractivity contribution in [2.24, 2.45) is 5.73 Å². The van der Waals surface area contributed by atoms with Crippen LogP contribution in [0.4, 0.5) is 0 Å². The molecule has 5 heteroatoms. The average Bonchev–Trinajstić information content (AvgIpc) is 2.87. The molecule has 2 aliphatic rings. The minimum atomic E-state index is -0.473. The fraction of sp³-hybridized carbons (Fsp3) is 0.909. The molecular formula is C11H20N2O3. The number of fused-ring (bicyclic) bond motifs is 2. The fourth-order valence-electron chi connectivity index (χ4n) is 2.46. The zero-order valence-corrected chi connectivity index (χ0v) is 9.65.